The highest BCUT2D eigenvalue weighted by molar-refractivity contribution is 14.0. The summed E-state index contributed by atoms with van der Waals surface area (Å²) < 4.78 is 0. The fourth-order valence-corrected chi connectivity index (χ4v) is 3.54. The van der Waals surface area contributed by atoms with Gasteiger partial charge in [0.25, 0.3) is 5.91 Å². The molecule has 0 unspecified atom stereocenters. The molecule has 0 bridgehead atoms. The normalized spacial score (nSPS) is 10.9. The molecule has 6 nitrogen and oxygen atoms in total. The van der Waals surface area contributed by atoms with Gasteiger partial charge in [0.15, 0.2) is 5.96 Å². The lowest BCUT2D eigenvalue weighted by Gasteiger charge is -2.10. The summed E-state index contributed by atoms with van der Waals surface area (Å²) >= 11 is 3.18. The Morgan fingerprint density at radius 1 is 1.27 bits per heavy atom. The van der Waals surface area contributed by atoms with Gasteiger partial charge in [-0.3, -0.25) is 9.79 Å². The van der Waals surface area contributed by atoms with Gasteiger partial charge in [0.05, 0.1) is 9.88 Å². The third-order valence-electron chi connectivity index (χ3n) is 3.28. The van der Waals surface area contributed by atoms with Crippen molar-refractivity contribution in [1.29, 1.82) is 0 Å². The summed E-state index contributed by atoms with van der Waals surface area (Å²) in [5, 5.41) is 12.5. The van der Waals surface area contributed by atoms with E-state index in [1.165, 1.54) is 16.2 Å². The first-order valence-electron chi connectivity index (χ1n) is 8.44. The minimum Gasteiger partial charge on any atom is -0.357 e. The molecule has 1 amide bonds. The van der Waals surface area contributed by atoms with E-state index in [9.17, 15) is 4.79 Å². The molecule has 0 aromatic carbocycles. The Balaban J connectivity index is 0.00000338. The molecule has 0 spiro atoms. The van der Waals surface area contributed by atoms with Crippen LogP contribution in [-0.4, -0.2) is 43.0 Å². The zero-order valence-electron chi connectivity index (χ0n) is 15.1. The van der Waals surface area contributed by atoms with Crippen molar-refractivity contribution in [3.8, 4) is 0 Å². The molecule has 9 heteroatoms. The first-order chi connectivity index (χ1) is 12.2. The minimum atomic E-state index is -0.0113. The molecule has 0 radical (unpaired) electrons. The van der Waals surface area contributed by atoms with E-state index in [2.05, 4.69) is 32.9 Å². The van der Waals surface area contributed by atoms with Crippen LogP contribution < -0.4 is 16.0 Å². The van der Waals surface area contributed by atoms with Crippen LogP contribution in [0.15, 0.2) is 28.7 Å². The smallest absolute Gasteiger partial charge is 0.261 e. The summed E-state index contributed by atoms with van der Waals surface area (Å²) in [5.41, 5.74) is 0. The van der Waals surface area contributed by atoms with Crippen molar-refractivity contribution < 1.29 is 4.79 Å². The van der Waals surface area contributed by atoms with Gasteiger partial charge < -0.3 is 16.0 Å². The van der Waals surface area contributed by atoms with Crippen LogP contribution in [0.4, 0.5) is 0 Å². The standard InChI is InChI=1S/C17H25N5OS2.HI/c1-3-18-17(21-10-7-15-22-12-13(2)25-15)20-9-5-8-19-16(23)14-6-4-11-24-14;/h4,6,11-12H,3,5,7-10H2,1-2H3,(H,19,23)(H2,18,20,21);1H. The van der Waals surface area contributed by atoms with Crippen LogP contribution in [0.3, 0.4) is 0 Å². The quantitative estimate of drug-likeness (QED) is 0.211. The number of amides is 1. The molecule has 0 aliphatic heterocycles. The highest BCUT2D eigenvalue weighted by Crippen LogP contribution is 2.10. The average molecular weight is 507 g/mol. The van der Waals surface area contributed by atoms with E-state index in [0.717, 1.165) is 41.8 Å². The molecule has 2 aromatic rings. The van der Waals surface area contributed by atoms with E-state index in [-0.39, 0.29) is 29.9 Å². The van der Waals surface area contributed by atoms with Crippen molar-refractivity contribution in [3.05, 3.63) is 38.5 Å². The first-order valence-corrected chi connectivity index (χ1v) is 10.1. The lowest BCUT2D eigenvalue weighted by Crippen LogP contribution is -2.38. The van der Waals surface area contributed by atoms with E-state index < -0.39 is 0 Å². The number of carbonyl (C=O) groups excluding carboxylic acids is 1. The number of nitrogens with zero attached hydrogens (tertiary/aromatic N) is 2. The fourth-order valence-electron chi connectivity index (χ4n) is 2.11. The Bertz CT molecular complexity index is 673. The number of carbonyl (C=O) groups is 1. The average Bonchev–Trinajstić information content (AvgIpc) is 3.26. The summed E-state index contributed by atoms with van der Waals surface area (Å²) in [6.45, 7) is 7.01. The van der Waals surface area contributed by atoms with E-state index in [1.807, 2.05) is 30.6 Å². The van der Waals surface area contributed by atoms with Crippen molar-refractivity contribution in [2.24, 2.45) is 4.99 Å². The molecule has 2 rings (SSSR count). The van der Waals surface area contributed by atoms with Crippen LogP contribution in [0.5, 0.6) is 0 Å². The number of hydrogen-bond donors (Lipinski definition) is 3. The molecule has 2 heterocycles. The van der Waals surface area contributed by atoms with Crippen LogP contribution in [0.2, 0.25) is 0 Å². The van der Waals surface area contributed by atoms with Crippen molar-refractivity contribution in [3.63, 3.8) is 0 Å². The summed E-state index contributed by atoms with van der Waals surface area (Å²) in [6.07, 6.45) is 3.60. The Kier molecular flexibility index (Phi) is 11.5. The predicted octanol–water partition coefficient (Wildman–Crippen LogP) is 3.05. The van der Waals surface area contributed by atoms with E-state index in [4.69, 9.17) is 0 Å². The highest BCUT2D eigenvalue weighted by atomic mass is 127. The maximum absolute atomic E-state index is 11.8. The number of halogens is 1. The Morgan fingerprint density at radius 3 is 2.77 bits per heavy atom. The van der Waals surface area contributed by atoms with Gasteiger partial charge in [-0.2, -0.15) is 0 Å². The zero-order valence-corrected chi connectivity index (χ0v) is 19.0. The summed E-state index contributed by atoms with van der Waals surface area (Å²) in [6, 6.07) is 3.71. The molecular formula is C17H26IN5OS2. The molecule has 2 aromatic heterocycles. The van der Waals surface area contributed by atoms with E-state index >= 15 is 0 Å². The molecule has 26 heavy (non-hydrogen) atoms. The Hall–Kier alpha value is -1.20. The van der Waals surface area contributed by atoms with Crippen LogP contribution in [-0.2, 0) is 6.42 Å². The molecular weight excluding hydrogens is 481 g/mol. The Morgan fingerprint density at radius 2 is 2.12 bits per heavy atom. The number of rotatable bonds is 9. The number of nitrogens with one attached hydrogen (secondary N) is 3. The van der Waals surface area contributed by atoms with Gasteiger partial charge in [0.1, 0.15) is 0 Å². The number of guanidine groups is 1. The second kappa shape index (κ2) is 13.0. The third-order valence-corrected chi connectivity index (χ3v) is 5.12. The van der Waals surface area contributed by atoms with Crippen LogP contribution in [0, 0.1) is 6.92 Å². The third kappa shape index (κ3) is 8.45. The number of thiophene rings is 1. The lowest BCUT2D eigenvalue weighted by molar-refractivity contribution is 0.0957. The van der Waals surface area contributed by atoms with Gasteiger partial charge in [-0.15, -0.1) is 46.7 Å². The van der Waals surface area contributed by atoms with Gasteiger partial charge in [-0.25, -0.2) is 4.98 Å². The lowest BCUT2D eigenvalue weighted by atomic mass is 10.4. The van der Waals surface area contributed by atoms with E-state index in [0.29, 0.717) is 13.1 Å². The minimum absolute atomic E-state index is 0. The number of aliphatic imine (C=N–C) groups is 1. The highest BCUT2D eigenvalue weighted by Gasteiger charge is 2.04. The second-order valence-electron chi connectivity index (χ2n) is 5.39. The largest absolute Gasteiger partial charge is 0.357 e. The van der Waals surface area contributed by atoms with Crippen molar-refractivity contribution >= 4 is 58.5 Å². The number of thiazole rings is 1. The topological polar surface area (TPSA) is 78.4 Å². The summed E-state index contributed by atoms with van der Waals surface area (Å²) in [5.74, 6) is 0.795. The summed E-state index contributed by atoms with van der Waals surface area (Å²) in [4.78, 5) is 22.7. The van der Waals surface area contributed by atoms with Crippen LogP contribution in [0.25, 0.3) is 0 Å². The fraction of sp³-hybridized carbons (Fsp3) is 0.471. The number of hydrogen-bond acceptors (Lipinski definition) is 5. The summed E-state index contributed by atoms with van der Waals surface area (Å²) in [7, 11) is 0. The van der Waals surface area contributed by atoms with Crippen LogP contribution >= 0.6 is 46.7 Å². The van der Waals surface area contributed by atoms with Crippen molar-refractivity contribution in [1.82, 2.24) is 20.9 Å². The predicted molar refractivity (Wildman–Crippen MR) is 121 cm³/mol. The molecule has 0 saturated carbocycles. The van der Waals surface area contributed by atoms with Gasteiger partial charge in [-0.1, -0.05) is 6.07 Å². The van der Waals surface area contributed by atoms with Crippen LogP contribution in [0.1, 0.15) is 32.9 Å². The molecule has 0 fully saturated rings. The number of aromatic nitrogens is 1. The SMILES string of the molecule is CCNC(=NCCCNC(=O)c1cccs1)NCCc1ncc(C)s1.I. The number of aryl methyl sites for hydroxylation is 1. The molecule has 0 aliphatic carbocycles. The molecule has 0 saturated heterocycles. The molecule has 0 aliphatic rings. The maximum atomic E-state index is 11.8. The molecule has 144 valence electrons. The van der Waals surface area contributed by atoms with Crippen molar-refractivity contribution in [2.45, 2.75) is 26.7 Å². The van der Waals surface area contributed by atoms with Gasteiger partial charge in [-0.05, 0) is 31.7 Å². The molecule has 3 N–H and O–H groups in total. The van der Waals surface area contributed by atoms with Crippen molar-refractivity contribution in [2.75, 3.05) is 26.2 Å². The first kappa shape index (κ1) is 22.8. The van der Waals surface area contributed by atoms with E-state index in [1.54, 1.807) is 11.3 Å². The zero-order chi connectivity index (χ0) is 17.9. The van der Waals surface area contributed by atoms with Gasteiger partial charge in [0, 0.05) is 43.7 Å². The maximum Gasteiger partial charge on any atom is 0.261 e. The monoisotopic (exact) mass is 507 g/mol. The second-order valence-corrected chi connectivity index (χ2v) is 7.66. The van der Waals surface area contributed by atoms with Gasteiger partial charge in [0.2, 0.25) is 0 Å². The van der Waals surface area contributed by atoms with Gasteiger partial charge >= 0.3 is 0 Å². The Labute approximate surface area is 179 Å². The molecule has 0 atom stereocenters.